The maximum atomic E-state index is 10.5. The molecule has 1 aliphatic rings. The first-order valence-corrected chi connectivity index (χ1v) is 4.03. The largest absolute Gasteiger partial charge is 0.478 e. The van der Waals surface area contributed by atoms with Crippen molar-refractivity contribution in [1.29, 1.82) is 0 Å². The van der Waals surface area contributed by atoms with Gasteiger partial charge < -0.3 is 5.11 Å². The van der Waals surface area contributed by atoms with Crippen molar-refractivity contribution in [3.05, 3.63) is 11.1 Å². The second-order valence-corrected chi connectivity index (χ2v) is 3.24. The maximum Gasteiger partial charge on any atom is 0.331 e. The van der Waals surface area contributed by atoms with E-state index in [1.807, 2.05) is 6.92 Å². The molecule has 62 valence electrons. The minimum absolute atomic E-state index is 0.537. The van der Waals surface area contributed by atoms with E-state index in [1.54, 1.807) is 6.92 Å². The molecule has 11 heavy (non-hydrogen) atoms. The van der Waals surface area contributed by atoms with E-state index in [-0.39, 0.29) is 0 Å². The van der Waals surface area contributed by atoms with Gasteiger partial charge in [0.2, 0.25) is 0 Å². The Balaban J connectivity index is 2.68. The lowest BCUT2D eigenvalue weighted by molar-refractivity contribution is -0.132. The summed E-state index contributed by atoms with van der Waals surface area (Å²) in [6, 6.07) is 0. The molecule has 1 fully saturated rings. The first kappa shape index (κ1) is 8.31. The molecule has 0 atom stereocenters. The van der Waals surface area contributed by atoms with E-state index in [0.717, 1.165) is 5.57 Å². The van der Waals surface area contributed by atoms with E-state index in [0.29, 0.717) is 11.5 Å². The quantitative estimate of drug-likeness (QED) is 0.619. The molecule has 0 amide bonds. The van der Waals surface area contributed by atoms with Crippen LogP contribution in [-0.2, 0) is 4.79 Å². The summed E-state index contributed by atoms with van der Waals surface area (Å²) in [5.41, 5.74) is 1.61. The Kier molecular flexibility index (Phi) is 2.32. The highest BCUT2D eigenvalue weighted by Crippen LogP contribution is 2.34. The number of hydrogen-bond acceptors (Lipinski definition) is 1. The van der Waals surface area contributed by atoms with Gasteiger partial charge >= 0.3 is 5.97 Å². The Morgan fingerprint density at radius 3 is 2.18 bits per heavy atom. The Morgan fingerprint density at radius 2 is 1.91 bits per heavy atom. The molecule has 0 spiro atoms. The number of rotatable bonds is 2. The zero-order chi connectivity index (χ0) is 8.43. The monoisotopic (exact) mass is 154 g/mol. The Bertz CT molecular complexity index is 200. The van der Waals surface area contributed by atoms with Crippen molar-refractivity contribution in [1.82, 2.24) is 0 Å². The lowest BCUT2D eigenvalue weighted by Crippen LogP contribution is -2.15. The molecule has 1 aliphatic carbocycles. The van der Waals surface area contributed by atoms with Crippen molar-refractivity contribution in [2.24, 2.45) is 5.92 Å². The summed E-state index contributed by atoms with van der Waals surface area (Å²) in [5, 5.41) is 8.66. The topological polar surface area (TPSA) is 37.3 Å². The first-order valence-electron chi connectivity index (χ1n) is 4.03. The number of carbonyl (C=O) groups is 1. The summed E-state index contributed by atoms with van der Waals surface area (Å²) in [6.45, 7) is 3.63. The lowest BCUT2D eigenvalue weighted by atomic mass is 9.79. The molecule has 1 rings (SSSR count). The fourth-order valence-corrected chi connectivity index (χ4v) is 1.32. The van der Waals surface area contributed by atoms with E-state index < -0.39 is 5.97 Å². The number of carboxylic acids is 1. The SMILES string of the molecule is C/C(C(=O)O)=C(/C)C1CCC1. The van der Waals surface area contributed by atoms with Crippen LogP contribution in [0, 0.1) is 5.92 Å². The van der Waals surface area contributed by atoms with Crippen molar-refractivity contribution >= 4 is 5.97 Å². The molecule has 0 aromatic heterocycles. The minimum atomic E-state index is -0.769. The molecule has 0 aromatic rings. The fourth-order valence-electron chi connectivity index (χ4n) is 1.32. The van der Waals surface area contributed by atoms with Gasteiger partial charge in [-0.25, -0.2) is 4.79 Å². The van der Waals surface area contributed by atoms with Gasteiger partial charge in [0.25, 0.3) is 0 Å². The highest BCUT2D eigenvalue weighted by Gasteiger charge is 2.21. The van der Waals surface area contributed by atoms with Crippen LogP contribution in [-0.4, -0.2) is 11.1 Å². The molecular weight excluding hydrogens is 140 g/mol. The molecule has 0 unspecified atom stereocenters. The van der Waals surface area contributed by atoms with Gasteiger partial charge in [-0.1, -0.05) is 12.0 Å². The second kappa shape index (κ2) is 3.07. The number of carboxylic acid groups (broad SMARTS) is 1. The summed E-state index contributed by atoms with van der Waals surface area (Å²) in [4.78, 5) is 10.5. The zero-order valence-corrected chi connectivity index (χ0v) is 7.05. The molecule has 0 radical (unpaired) electrons. The molecule has 0 bridgehead atoms. The molecule has 1 N–H and O–H groups in total. The molecule has 2 nitrogen and oxygen atoms in total. The van der Waals surface area contributed by atoms with E-state index in [9.17, 15) is 4.79 Å². The van der Waals surface area contributed by atoms with Gasteiger partial charge in [-0.05, 0) is 32.6 Å². The molecular formula is C9H14O2. The molecule has 0 saturated heterocycles. The highest BCUT2D eigenvalue weighted by atomic mass is 16.4. The van der Waals surface area contributed by atoms with Crippen LogP contribution in [0.5, 0.6) is 0 Å². The van der Waals surface area contributed by atoms with Gasteiger partial charge in [0, 0.05) is 5.57 Å². The van der Waals surface area contributed by atoms with Crippen molar-refractivity contribution in [2.45, 2.75) is 33.1 Å². The summed E-state index contributed by atoms with van der Waals surface area (Å²) in [6.07, 6.45) is 3.61. The van der Waals surface area contributed by atoms with Crippen LogP contribution < -0.4 is 0 Å². The molecule has 0 heterocycles. The third-order valence-electron chi connectivity index (χ3n) is 2.63. The van der Waals surface area contributed by atoms with E-state index in [2.05, 4.69) is 0 Å². The standard InChI is InChI=1S/C9H14O2/c1-6(7(2)9(10)11)8-4-3-5-8/h8H,3-5H2,1-2H3,(H,10,11)/b7-6+. The average molecular weight is 154 g/mol. The van der Waals surface area contributed by atoms with Crippen LogP contribution in [0.25, 0.3) is 0 Å². The summed E-state index contributed by atoms with van der Waals surface area (Å²) in [7, 11) is 0. The van der Waals surface area contributed by atoms with Crippen LogP contribution in [0.15, 0.2) is 11.1 Å². The zero-order valence-electron chi connectivity index (χ0n) is 7.05. The molecule has 0 aliphatic heterocycles. The third kappa shape index (κ3) is 1.62. The van der Waals surface area contributed by atoms with Crippen molar-refractivity contribution in [2.75, 3.05) is 0 Å². The molecule has 2 heteroatoms. The lowest BCUT2D eigenvalue weighted by Gasteiger charge is -2.27. The van der Waals surface area contributed by atoms with E-state index in [4.69, 9.17) is 5.11 Å². The van der Waals surface area contributed by atoms with Crippen LogP contribution in [0.2, 0.25) is 0 Å². The van der Waals surface area contributed by atoms with Crippen molar-refractivity contribution in [3.63, 3.8) is 0 Å². The van der Waals surface area contributed by atoms with E-state index >= 15 is 0 Å². The van der Waals surface area contributed by atoms with Crippen LogP contribution in [0.4, 0.5) is 0 Å². The van der Waals surface area contributed by atoms with Gasteiger partial charge in [0.15, 0.2) is 0 Å². The van der Waals surface area contributed by atoms with Gasteiger partial charge in [-0.3, -0.25) is 0 Å². The fraction of sp³-hybridized carbons (Fsp3) is 0.667. The predicted octanol–water partition coefficient (Wildman–Crippen LogP) is 2.21. The van der Waals surface area contributed by atoms with Gasteiger partial charge in [-0.15, -0.1) is 0 Å². The second-order valence-electron chi connectivity index (χ2n) is 3.24. The Hall–Kier alpha value is -0.790. The average Bonchev–Trinajstić information content (AvgIpc) is 1.82. The normalized spacial score (nSPS) is 20.5. The summed E-state index contributed by atoms with van der Waals surface area (Å²) >= 11 is 0. The van der Waals surface area contributed by atoms with Crippen molar-refractivity contribution < 1.29 is 9.90 Å². The molecule has 0 aromatic carbocycles. The smallest absolute Gasteiger partial charge is 0.331 e. The summed E-state index contributed by atoms with van der Waals surface area (Å²) < 4.78 is 0. The molecule has 1 saturated carbocycles. The van der Waals surface area contributed by atoms with Gasteiger partial charge in [-0.2, -0.15) is 0 Å². The van der Waals surface area contributed by atoms with Crippen LogP contribution >= 0.6 is 0 Å². The van der Waals surface area contributed by atoms with Gasteiger partial charge in [0.05, 0.1) is 0 Å². The Morgan fingerprint density at radius 1 is 1.36 bits per heavy atom. The van der Waals surface area contributed by atoms with Gasteiger partial charge in [0.1, 0.15) is 0 Å². The van der Waals surface area contributed by atoms with Crippen LogP contribution in [0.3, 0.4) is 0 Å². The Labute approximate surface area is 66.9 Å². The number of allylic oxidation sites excluding steroid dienone is 1. The highest BCUT2D eigenvalue weighted by molar-refractivity contribution is 5.86. The predicted molar refractivity (Wildman–Crippen MR) is 43.4 cm³/mol. The maximum absolute atomic E-state index is 10.5. The number of aliphatic carboxylic acids is 1. The minimum Gasteiger partial charge on any atom is -0.478 e. The third-order valence-corrected chi connectivity index (χ3v) is 2.63. The van der Waals surface area contributed by atoms with Crippen LogP contribution in [0.1, 0.15) is 33.1 Å². The first-order chi connectivity index (χ1) is 5.13. The summed E-state index contributed by atoms with van der Waals surface area (Å²) in [5.74, 6) is -0.208. The van der Waals surface area contributed by atoms with E-state index in [1.165, 1.54) is 19.3 Å². The van der Waals surface area contributed by atoms with Crippen molar-refractivity contribution in [3.8, 4) is 0 Å². The number of hydrogen-bond donors (Lipinski definition) is 1.